The van der Waals surface area contributed by atoms with Crippen LogP contribution in [-0.2, 0) is 18.4 Å². The molecule has 0 bridgehead atoms. The van der Waals surface area contributed by atoms with Gasteiger partial charge in [0.2, 0.25) is 5.91 Å². The van der Waals surface area contributed by atoms with Gasteiger partial charge >= 0.3 is 7.82 Å². The Bertz CT molecular complexity index is 766. The van der Waals surface area contributed by atoms with E-state index in [0.29, 0.717) is 6.42 Å². The van der Waals surface area contributed by atoms with Crippen LogP contribution < -0.4 is 11.1 Å². The molecule has 0 aromatic rings. The van der Waals surface area contributed by atoms with Crippen molar-refractivity contribution >= 4 is 13.7 Å². The summed E-state index contributed by atoms with van der Waals surface area (Å²) < 4.78 is 21.9. The van der Waals surface area contributed by atoms with Crippen LogP contribution >= 0.6 is 7.82 Å². The zero-order valence-corrected chi connectivity index (χ0v) is 28.9. The molecule has 9 nitrogen and oxygen atoms in total. The number of carbonyl (C=O) groups excluding carboxylic acids is 1. The first-order valence-corrected chi connectivity index (χ1v) is 19.1. The minimum atomic E-state index is -4.41. The summed E-state index contributed by atoms with van der Waals surface area (Å²) in [5.41, 5.74) is 5.32. The molecule has 260 valence electrons. The summed E-state index contributed by atoms with van der Waals surface area (Å²) >= 11 is 0. The molecule has 0 rings (SSSR count). The number of hydrogen-bond acceptors (Lipinski definition) is 7. The third-order valence-electron chi connectivity index (χ3n) is 7.69. The molecular formula is C34H67N2O7P. The van der Waals surface area contributed by atoms with E-state index in [1.165, 1.54) is 96.0 Å². The summed E-state index contributed by atoms with van der Waals surface area (Å²) in [5.74, 6) is -0.653. The van der Waals surface area contributed by atoms with Crippen LogP contribution in [-0.4, -0.2) is 59.0 Å². The van der Waals surface area contributed by atoms with E-state index in [2.05, 4.69) is 19.2 Å². The number of nitrogens with one attached hydrogen (secondary N) is 1. The highest BCUT2D eigenvalue weighted by molar-refractivity contribution is 7.47. The molecule has 0 spiro atoms. The fourth-order valence-corrected chi connectivity index (χ4v) is 5.66. The van der Waals surface area contributed by atoms with E-state index in [1.54, 1.807) is 6.08 Å². The topological polar surface area (TPSA) is 151 Å². The maximum atomic E-state index is 12.7. The molecule has 0 fully saturated rings. The lowest BCUT2D eigenvalue weighted by Crippen LogP contribution is -2.49. The second-order valence-electron chi connectivity index (χ2n) is 11.9. The highest BCUT2D eigenvalue weighted by Gasteiger charge is 2.28. The zero-order valence-electron chi connectivity index (χ0n) is 28.0. The van der Waals surface area contributed by atoms with E-state index in [0.717, 1.165) is 38.5 Å². The van der Waals surface area contributed by atoms with Crippen molar-refractivity contribution in [3.63, 3.8) is 0 Å². The average molecular weight is 647 g/mol. The van der Waals surface area contributed by atoms with Crippen molar-refractivity contribution in [3.8, 4) is 0 Å². The minimum Gasteiger partial charge on any atom is -0.387 e. The molecule has 0 aliphatic heterocycles. The lowest BCUT2D eigenvalue weighted by Gasteiger charge is -2.24. The molecule has 0 aromatic heterocycles. The molecule has 2 unspecified atom stereocenters. The lowest BCUT2D eigenvalue weighted by molar-refractivity contribution is -0.131. The number of amides is 1. The van der Waals surface area contributed by atoms with E-state index in [4.69, 9.17) is 14.8 Å². The molecular weight excluding hydrogens is 579 g/mol. The fraction of sp³-hybridized carbons (Fsp3) is 0.853. The second kappa shape index (κ2) is 30.6. The van der Waals surface area contributed by atoms with Crippen molar-refractivity contribution in [1.29, 1.82) is 0 Å². The van der Waals surface area contributed by atoms with Gasteiger partial charge in [-0.15, -0.1) is 0 Å². The summed E-state index contributed by atoms with van der Waals surface area (Å²) in [5, 5.41) is 23.7. The SMILES string of the molecule is CCCCCCCCC/C=C/C=C/[C@@H](O)[C@H](COP(=O)(O)OCCN)NC(=O)C(O)CCCCCCCCCCCCCC. The Morgan fingerprint density at radius 3 is 1.80 bits per heavy atom. The Labute approximate surface area is 269 Å². The van der Waals surface area contributed by atoms with Gasteiger partial charge in [-0.05, 0) is 19.3 Å². The van der Waals surface area contributed by atoms with Gasteiger partial charge in [0.1, 0.15) is 6.10 Å². The van der Waals surface area contributed by atoms with Gasteiger partial charge in [0.05, 0.1) is 25.4 Å². The van der Waals surface area contributed by atoms with Gasteiger partial charge < -0.3 is 26.2 Å². The van der Waals surface area contributed by atoms with Gasteiger partial charge in [0, 0.05) is 6.54 Å². The van der Waals surface area contributed by atoms with E-state index in [1.807, 2.05) is 12.2 Å². The first-order chi connectivity index (χ1) is 21.3. The standard InChI is InChI=1S/C34H67N2O7P/c1-3-5-7-9-11-13-15-17-19-21-23-25-27-33(38)34(39)36-31(30-43-44(40,41)42-29-28-35)32(37)26-24-22-20-18-16-14-12-10-8-6-4-2/h20,22,24,26,31-33,37-38H,3-19,21,23,25,27-30,35H2,1-2H3,(H,36,39)(H,40,41)/b22-20+,26-24+/t31-,32+,33?/m0/s1. The first-order valence-electron chi connectivity index (χ1n) is 17.6. The van der Waals surface area contributed by atoms with Crippen LogP contribution in [0.25, 0.3) is 0 Å². The third-order valence-corrected chi connectivity index (χ3v) is 8.68. The number of aliphatic hydroxyl groups excluding tert-OH is 2. The van der Waals surface area contributed by atoms with Gasteiger partial charge in [-0.2, -0.15) is 0 Å². The lowest BCUT2D eigenvalue weighted by atomic mass is 10.0. The van der Waals surface area contributed by atoms with Crippen molar-refractivity contribution in [3.05, 3.63) is 24.3 Å². The maximum absolute atomic E-state index is 12.7. The molecule has 44 heavy (non-hydrogen) atoms. The van der Waals surface area contributed by atoms with E-state index in [-0.39, 0.29) is 13.2 Å². The van der Waals surface area contributed by atoms with E-state index < -0.39 is 38.6 Å². The molecule has 0 saturated carbocycles. The Balaban J connectivity index is 4.57. The molecule has 1 amide bonds. The third kappa shape index (κ3) is 27.3. The summed E-state index contributed by atoms with van der Waals surface area (Å²) in [6.07, 6.45) is 28.8. The van der Waals surface area contributed by atoms with Crippen LogP contribution in [0.4, 0.5) is 0 Å². The van der Waals surface area contributed by atoms with Crippen LogP contribution in [0.1, 0.15) is 149 Å². The van der Waals surface area contributed by atoms with E-state index in [9.17, 15) is 24.5 Å². The summed E-state index contributed by atoms with van der Waals surface area (Å²) in [7, 11) is -4.41. The predicted molar refractivity (Wildman–Crippen MR) is 181 cm³/mol. The van der Waals surface area contributed by atoms with Gasteiger partial charge in [0.15, 0.2) is 0 Å². The van der Waals surface area contributed by atoms with Crippen LogP contribution in [0.3, 0.4) is 0 Å². The summed E-state index contributed by atoms with van der Waals surface area (Å²) in [6.45, 7) is 3.83. The van der Waals surface area contributed by atoms with Crippen LogP contribution in [0, 0.1) is 0 Å². The van der Waals surface area contributed by atoms with Crippen molar-refractivity contribution < 1.29 is 33.5 Å². The van der Waals surface area contributed by atoms with Crippen molar-refractivity contribution in [1.82, 2.24) is 5.32 Å². The van der Waals surface area contributed by atoms with Gasteiger partial charge in [-0.1, -0.05) is 154 Å². The number of rotatable bonds is 32. The molecule has 0 radical (unpaired) electrons. The molecule has 6 N–H and O–H groups in total. The van der Waals surface area contributed by atoms with Crippen LogP contribution in [0.5, 0.6) is 0 Å². The van der Waals surface area contributed by atoms with Gasteiger partial charge in [0.25, 0.3) is 0 Å². The molecule has 0 aromatic carbocycles. The molecule has 0 saturated heterocycles. The smallest absolute Gasteiger partial charge is 0.387 e. The number of aliphatic hydroxyl groups is 2. The Morgan fingerprint density at radius 2 is 1.27 bits per heavy atom. The quantitative estimate of drug-likeness (QED) is 0.0284. The maximum Gasteiger partial charge on any atom is 0.472 e. The molecule has 4 atom stereocenters. The monoisotopic (exact) mass is 646 g/mol. The van der Waals surface area contributed by atoms with Crippen molar-refractivity contribution in [2.75, 3.05) is 19.8 Å². The average Bonchev–Trinajstić information content (AvgIpc) is 3.01. The highest BCUT2D eigenvalue weighted by Crippen LogP contribution is 2.43. The molecule has 0 heterocycles. The highest BCUT2D eigenvalue weighted by atomic mass is 31.2. The first kappa shape index (κ1) is 42.9. The predicted octanol–water partition coefficient (Wildman–Crippen LogP) is 7.63. The number of allylic oxidation sites excluding steroid dienone is 3. The van der Waals surface area contributed by atoms with E-state index >= 15 is 0 Å². The molecule has 10 heteroatoms. The number of carbonyl (C=O) groups is 1. The minimum absolute atomic E-state index is 0.0376. The molecule has 0 aliphatic rings. The second-order valence-corrected chi connectivity index (χ2v) is 13.4. The summed E-state index contributed by atoms with van der Waals surface area (Å²) in [4.78, 5) is 22.6. The van der Waals surface area contributed by atoms with Crippen LogP contribution in [0.2, 0.25) is 0 Å². The Kier molecular flexibility index (Phi) is 29.8. The number of phosphoric acid groups is 1. The summed E-state index contributed by atoms with van der Waals surface area (Å²) in [6, 6.07) is -1.06. The van der Waals surface area contributed by atoms with Gasteiger partial charge in [-0.25, -0.2) is 4.57 Å². The zero-order chi connectivity index (χ0) is 32.7. The molecule has 0 aliphatic carbocycles. The van der Waals surface area contributed by atoms with Gasteiger partial charge in [-0.3, -0.25) is 13.8 Å². The largest absolute Gasteiger partial charge is 0.472 e. The van der Waals surface area contributed by atoms with Crippen molar-refractivity contribution in [2.45, 2.75) is 167 Å². The number of phosphoric ester groups is 1. The van der Waals surface area contributed by atoms with Crippen molar-refractivity contribution in [2.24, 2.45) is 5.73 Å². The fourth-order valence-electron chi connectivity index (χ4n) is 4.90. The Hall–Kier alpha value is -1.06. The Morgan fingerprint density at radius 1 is 0.773 bits per heavy atom. The number of hydrogen-bond donors (Lipinski definition) is 5. The normalized spacial score (nSPS) is 15.5. The van der Waals surface area contributed by atoms with Crippen LogP contribution in [0.15, 0.2) is 24.3 Å². The number of unbranched alkanes of at least 4 members (excludes halogenated alkanes) is 18. The number of nitrogens with two attached hydrogens (primary N) is 1.